The first-order valence-corrected chi connectivity index (χ1v) is 16.4. The highest BCUT2D eigenvalue weighted by Crippen LogP contribution is 2.47. The molecule has 0 bridgehead atoms. The van der Waals surface area contributed by atoms with E-state index in [1.807, 2.05) is 24.7 Å². The lowest BCUT2D eigenvalue weighted by atomic mass is 10.0. The summed E-state index contributed by atoms with van der Waals surface area (Å²) in [6.07, 6.45) is 5.71. The molecule has 10 rings (SSSR count). The molecule has 1 aliphatic heterocycles. The second kappa shape index (κ2) is 9.93. The molecule has 6 nitrogen and oxygen atoms in total. The Morgan fingerprint density at radius 3 is 2.04 bits per heavy atom. The molecule has 0 atom stereocenters. The minimum absolute atomic E-state index is 0.741. The van der Waals surface area contributed by atoms with Gasteiger partial charge in [0.15, 0.2) is 0 Å². The first-order valence-electron chi connectivity index (χ1n) is 16.4. The monoisotopic (exact) mass is 620 g/mol. The zero-order valence-corrected chi connectivity index (χ0v) is 27.0. The molecule has 6 heteroatoms. The van der Waals surface area contributed by atoms with Crippen molar-refractivity contribution in [2.75, 3.05) is 16.5 Å². The summed E-state index contributed by atoms with van der Waals surface area (Å²) in [4.78, 5) is 14.4. The van der Waals surface area contributed by atoms with E-state index in [0.29, 0.717) is 0 Å². The maximum absolute atomic E-state index is 4.78. The molecule has 0 saturated carbocycles. The Balaban J connectivity index is 1.18. The Bertz CT molecular complexity index is 2750. The van der Waals surface area contributed by atoms with Crippen LogP contribution in [0.1, 0.15) is 16.7 Å². The van der Waals surface area contributed by atoms with Gasteiger partial charge in [-0.2, -0.15) is 0 Å². The standard InChI is InChI=1S/C42H32N6/c1-26-21-27(2)40(28(3)22-26)47-25-46(37-12-6-7-13-38(37)47)29-14-17-33-32-9-4-5-11-36(32)48(39(33)24-29)30-15-16-31-34-10-8-18-43-41(34)45-20-19-44-42(45)35(31)23-30/h4-24H,25H2,1-3H3. The summed E-state index contributed by atoms with van der Waals surface area (Å²) < 4.78 is 4.51. The second-order valence-corrected chi connectivity index (χ2v) is 13.0. The van der Waals surface area contributed by atoms with Crippen molar-refractivity contribution in [2.45, 2.75) is 20.8 Å². The van der Waals surface area contributed by atoms with E-state index >= 15 is 0 Å². The van der Waals surface area contributed by atoms with Gasteiger partial charge in [0.05, 0.1) is 22.4 Å². The number of aromatic nitrogens is 4. The lowest BCUT2D eigenvalue weighted by Gasteiger charge is -2.25. The number of anilines is 4. The van der Waals surface area contributed by atoms with Crippen LogP contribution in [0.4, 0.5) is 22.7 Å². The maximum Gasteiger partial charge on any atom is 0.146 e. The number of benzene rings is 5. The molecular formula is C42H32N6. The maximum atomic E-state index is 4.78. The molecule has 1 aliphatic rings. The quantitative estimate of drug-likeness (QED) is 0.184. The van der Waals surface area contributed by atoms with Crippen molar-refractivity contribution in [1.82, 2.24) is 18.9 Å². The number of hydrogen-bond donors (Lipinski definition) is 0. The molecule has 0 fully saturated rings. The molecule has 0 aliphatic carbocycles. The fourth-order valence-electron chi connectivity index (χ4n) is 8.19. The van der Waals surface area contributed by atoms with Gasteiger partial charge >= 0.3 is 0 Å². The third kappa shape index (κ3) is 3.74. The number of hydrogen-bond acceptors (Lipinski definition) is 4. The van der Waals surface area contributed by atoms with Gasteiger partial charge in [-0.1, -0.05) is 60.2 Å². The predicted molar refractivity (Wildman–Crippen MR) is 199 cm³/mol. The van der Waals surface area contributed by atoms with Crippen molar-refractivity contribution < 1.29 is 0 Å². The number of pyridine rings is 2. The van der Waals surface area contributed by atoms with E-state index in [2.05, 4.69) is 143 Å². The summed E-state index contributed by atoms with van der Waals surface area (Å²) in [6.45, 7) is 7.37. The lowest BCUT2D eigenvalue weighted by molar-refractivity contribution is 0.979. The molecule has 0 unspecified atom stereocenters. The molecule has 48 heavy (non-hydrogen) atoms. The van der Waals surface area contributed by atoms with Crippen LogP contribution in [-0.4, -0.2) is 25.6 Å². The normalized spacial score (nSPS) is 13.1. The number of nitrogens with zero attached hydrogens (tertiary/aromatic N) is 6. The first kappa shape index (κ1) is 27.0. The molecule has 5 aromatic carbocycles. The van der Waals surface area contributed by atoms with Crippen molar-refractivity contribution in [3.63, 3.8) is 0 Å². The molecule has 230 valence electrons. The zero-order valence-electron chi connectivity index (χ0n) is 27.0. The lowest BCUT2D eigenvalue weighted by Crippen LogP contribution is -2.25. The summed E-state index contributed by atoms with van der Waals surface area (Å²) in [7, 11) is 0. The molecule has 0 spiro atoms. The van der Waals surface area contributed by atoms with E-state index in [9.17, 15) is 0 Å². The van der Waals surface area contributed by atoms with Gasteiger partial charge in [0, 0.05) is 57.2 Å². The van der Waals surface area contributed by atoms with E-state index in [1.165, 1.54) is 55.6 Å². The van der Waals surface area contributed by atoms with Crippen LogP contribution in [0.15, 0.2) is 128 Å². The van der Waals surface area contributed by atoms with E-state index in [4.69, 9.17) is 9.97 Å². The van der Waals surface area contributed by atoms with Crippen LogP contribution in [0.25, 0.3) is 54.9 Å². The molecule has 0 saturated heterocycles. The predicted octanol–water partition coefficient (Wildman–Crippen LogP) is 10.3. The Morgan fingerprint density at radius 1 is 0.521 bits per heavy atom. The summed E-state index contributed by atoms with van der Waals surface area (Å²) in [5.41, 5.74) is 14.1. The fraction of sp³-hybridized carbons (Fsp3) is 0.0952. The summed E-state index contributed by atoms with van der Waals surface area (Å²) in [5, 5.41) is 5.84. The second-order valence-electron chi connectivity index (χ2n) is 13.0. The van der Waals surface area contributed by atoms with Crippen LogP contribution < -0.4 is 9.80 Å². The molecule has 0 radical (unpaired) electrons. The van der Waals surface area contributed by atoms with Crippen LogP contribution in [0.5, 0.6) is 0 Å². The van der Waals surface area contributed by atoms with Crippen molar-refractivity contribution in [3.05, 3.63) is 144 Å². The minimum Gasteiger partial charge on any atom is -0.321 e. The van der Waals surface area contributed by atoms with Crippen molar-refractivity contribution in [2.24, 2.45) is 0 Å². The zero-order chi connectivity index (χ0) is 32.1. The molecule has 0 amide bonds. The number of para-hydroxylation sites is 3. The highest BCUT2D eigenvalue weighted by molar-refractivity contribution is 6.13. The van der Waals surface area contributed by atoms with Gasteiger partial charge in [0.2, 0.25) is 0 Å². The van der Waals surface area contributed by atoms with Crippen molar-refractivity contribution in [1.29, 1.82) is 0 Å². The van der Waals surface area contributed by atoms with E-state index in [-0.39, 0.29) is 0 Å². The summed E-state index contributed by atoms with van der Waals surface area (Å²) >= 11 is 0. The van der Waals surface area contributed by atoms with Gasteiger partial charge in [0.25, 0.3) is 0 Å². The number of imidazole rings is 1. The van der Waals surface area contributed by atoms with Crippen LogP contribution in [-0.2, 0) is 0 Å². The van der Waals surface area contributed by atoms with E-state index < -0.39 is 0 Å². The summed E-state index contributed by atoms with van der Waals surface area (Å²) in [5.74, 6) is 0. The number of fused-ring (bicyclic) bond motifs is 10. The van der Waals surface area contributed by atoms with E-state index in [0.717, 1.165) is 45.5 Å². The highest BCUT2D eigenvalue weighted by Gasteiger charge is 2.30. The topological polar surface area (TPSA) is 41.6 Å². The number of rotatable bonds is 3. The Kier molecular flexibility index (Phi) is 5.59. The number of aryl methyl sites for hydroxylation is 3. The molecule has 0 N–H and O–H groups in total. The van der Waals surface area contributed by atoms with E-state index in [1.54, 1.807) is 0 Å². The van der Waals surface area contributed by atoms with Crippen LogP contribution >= 0.6 is 0 Å². The largest absolute Gasteiger partial charge is 0.321 e. The van der Waals surface area contributed by atoms with Gasteiger partial charge in [-0.05, 0) is 91.9 Å². The van der Waals surface area contributed by atoms with Crippen LogP contribution in [0, 0.1) is 20.8 Å². The highest BCUT2D eigenvalue weighted by atomic mass is 15.4. The van der Waals surface area contributed by atoms with Gasteiger partial charge in [0.1, 0.15) is 18.0 Å². The van der Waals surface area contributed by atoms with Gasteiger partial charge in [-0.3, -0.25) is 4.40 Å². The smallest absolute Gasteiger partial charge is 0.146 e. The Morgan fingerprint density at radius 2 is 1.19 bits per heavy atom. The SMILES string of the molecule is Cc1cc(C)c(N2CN(c3ccc4c5ccccc5n(-c5ccc6c7cccnc7n7ccnc7c6c5)c4c3)c3ccccc32)c(C)c1. The van der Waals surface area contributed by atoms with Gasteiger partial charge in [-0.15, -0.1) is 0 Å². The Labute approximate surface area is 277 Å². The third-order valence-corrected chi connectivity index (χ3v) is 10.1. The van der Waals surface area contributed by atoms with Crippen LogP contribution in [0.3, 0.4) is 0 Å². The molecule has 4 aromatic heterocycles. The van der Waals surface area contributed by atoms with Gasteiger partial charge in [-0.25, -0.2) is 9.97 Å². The van der Waals surface area contributed by atoms with Crippen molar-refractivity contribution >= 4 is 72.0 Å². The van der Waals surface area contributed by atoms with Crippen LogP contribution in [0.2, 0.25) is 0 Å². The molecule has 9 aromatic rings. The average molecular weight is 621 g/mol. The molecular weight excluding hydrogens is 589 g/mol. The average Bonchev–Trinajstić information content (AvgIpc) is 3.83. The first-order chi connectivity index (χ1) is 23.5. The Hall–Kier alpha value is -6.14. The minimum atomic E-state index is 0.741. The third-order valence-electron chi connectivity index (χ3n) is 10.1. The van der Waals surface area contributed by atoms with Crippen molar-refractivity contribution in [3.8, 4) is 5.69 Å². The fourth-order valence-corrected chi connectivity index (χ4v) is 8.19. The van der Waals surface area contributed by atoms with Gasteiger partial charge < -0.3 is 14.4 Å². The summed E-state index contributed by atoms with van der Waals surface area (Å²) in [6, 6.07) is 39.9. The molecule has 5 heterocycles.